The Morgan fingerprint density at radius 3 is 3.00 bits per heavy atom. The Morgan fingerprint density at radius 1 is 1.23 bits per heavy atom. The van der Waals surface area contributed by atoms with Crippen molar-refractivity contribution in [3.8, 4) is 5.69 Å². The maximum Gasteiger partial charge on any atom is 0.233 e. The number of rotatable bonds is 5. The number of thiazole rings is 1. The molecule has 4 aromatic rings. The lowest BCUT2D eigenvalue weighted by molar-refractivity contribution is -0.129. The van der Waals surface area contributed by atoms with Crippen LogP contribution in [-0.4, -0.2) is 54.8 Å². The highest BCUT2D eigenvalue weighted by atomic mass is 32.2. The molecule has 2 aromatic carbocycles. The van der Waals surface area contributed by atoms with Crippen LogP contribution in [0.1, 0.15) is 23.8 Å². The molecule has 5 rings (SSSR count). The lowest BCUT2D eigenvalue weighted by Crippen LogP contribution is -2.40. The number of carbonyl (C=O) groups excluding carboxylic acids is 1. The van der Waals surface area contributed by atoms with Crippen LogP contribution >= 0.6 is 23.1 Å². The predicted octanol–water partition coefficient (Wildman–Crippen LogP) is 3.91. The summed E-state index contributed by atoms with van der Waals surface area (Å²) < 4.78 is 16.2. The van der Waals surface area contributed by atoms with Crippen molar-refractivity contribution in [1.29, 1.82) is 0 Å². The maximum absolute atomic E-state index is 13.5. The maximum atomic E-state index is 13.5. The van der Waals surface area contributed by atoms with Gasteiger partial charge in [0.2, 0.25) is 11.1 Å². The van der Waals surface area contributed by atoms with Crippen molar-refractivity contribution in [1.82, 2.24) is 30.1 Å². The Balaban J connectivity index is 1.24. The average molecular weight is 455 g/mol. The zero-order valence-electron chi connectivity index (χ0n) is 16.5. The number of nitrogens with zero attached hydrogens (tertiary/aromatic N) is 6. The van der Waals surface area contributed by atoms with Crippen LogP contribution in [0.15, 0.2) is 53.7 Å². The van der Waals surface area contributed by atoms with Crippen LogP contribution in [0.5, 0.6) is 0 Å². The number of piperidine rings is 1. The highest BCUT2D eigenvalue weighted by Gasteiger charge is 2.27. The number of amides is 1. The van der Waals surface area contributed by atoms with Crippen molar-refractivity contribution in [2.24, 2.45) is 0 Å². The molecule has 0 spiro atoms. The zero-order chi connectivity index (χ0) is 21.2. The van der Waals surface area contributed by atoms with Gasteiger partial charge in [0.1, 0.15) is 5.82 Å². The highest BCUT2D eigenvalue weighted by molar-refractivity contribution is 7.99. The summed E-state index contributed by atoms with van der Waals surface area (Å²) >= 11 is 2.97. The molecule has 1 fully saturated rings. The number of benzene rings is 2. The number of halogens is 1. The van der Waals surface area contributed by atoms with E-state index in [0.717, 1.165) is 29.9 Å². The number of para-hydroxylation sites is 1. The fourth-order valence-corrected chi connectivity index (χ4v) is 5.61. The van der Waals surface area contributed by atoms with E-state index in [9.17, 15) is 9.18 Å². The van der Waals surface area contributed by atoms with Gasteiger partial charge in [-0.15, -0.1) is 16.4 Å². The Morgan fingerprint density at radius 2 is 2.13 bits per heavy atom. The van der Waals surface area contributed by atoms with Crippen LogP contribution in [0.2, 0.25) is 0 Å². The topological polar surface area (TPSA) is 76.8 Å². The molecule has 1 aliphatic rings. The smallest absolute Gasteiger partial charge is 0.233 e. The van der Waals surface area contributed by atoms with E-state index in [2.05, 4.69) is 21.6 Å². The summed E-state index contributed by atoms with van der Waals surface area (Å²) in [4.78, 5) is 19.6. The van der Waals surface area contributed by atoms with Crippen molar-refractivity contribution in [3.63, 3.8) is 0 Å². The lowest BCUT2D eigenvalue weighted by atomic mass is 9.99. The van der Waals surface area contributed by atoms with Gasteiger partial charge in [-0.05, 0) is 53.6 Å². The van der Waals surface area contributed by atoms with Gasteiger partial charge < -0.3 is 4.90 Å². The molecule has 7 nitrogen and oxygen atoms in total. The third-order valence-electron chi connectivity index (χ3n) is 5.25. The van der Waals surface area contributed by atoms with E-state index in [1.54, 1.807) is 23.5 Å². The fourth-order valence-electron chi connectivity index (χ4n) is 3.73. The van der Waals surface area contributed by atoms with E-state index in [0.29, 0.717) is 17.4 Å². The summed E-state index contributed by atoms with van der Waals surface area (Å²) in [6.07, 6.45) is 1.99. The summed E-state index contributed by atoms with van der Waals surface area (Å²) in [5.41, 5.74) is 1.54. The number of thioether (sulfide) groups is 1. The molecular formula is C21H19FN6OS2. The molecule has 31 heavy (non-hydrogen) atoms. The Kier molecular flexibility index (Phi) is 5.65. The molecule has 1 atom stereocenters. The second kappa shape index (κ2) is 8.72. The van der Waals surface area contributed by atoms with E-state index >= 15 is 0 Å². The summed E-state index contributed by atoms with van der Waals surface area (Å²) in [6, 6.07) is 14.2. The molecule has 1 amide bonds. The highest BCUT2D eigenvalue weighted by Crippen LogP contribution is 2.33. The van der Waals surface area contributed by atoms with Gasteiger partial charge in [0.05, 0.1) is 26.7 Å². The van der Waals surface area contributed by atoms with E-state index in [-0.39, 0.29) is 23.4 Å². The van der Waals surface area contributed by atoms with Gasteiger partial charge in [-0.3, -0.25) is 4.79 Å². The first-order valence-corrected chi connectivity index (χ1v) is 11.8. The molecule has 0 N–H and O–H groups in total. The second-order valence-electron chi connectivity index (χ2n) is 7.34. The van der Waals surface area contributed by atoms with Gasteiger partial charge in [-0.1, -0.05) is 30.0 Å². The van der Waals surface area contributed by atoms with Crippen molar-refractivity contribution in [3.05, 3.63) is 59.4 Å². The van der Waals surface area contributed by atoms with Gasteiger partial charge in [0.25, 0.3) is 0 Å². The van der Waals surface area contributed by atoms with Gasteiger partial charge in [-0.2, -0.15) is 4.68 Å². The summed E-state index contributed by atoms with van der Waals surface area (Å²) in [5, 5.41) is 13.2. The van der Waals surface area contributed by atoms with Crippen LogP contribution in [0, 0.1) is 5.82 Å². The molecule has 0 saturated carbocycles. The quantitative estimate of drug-likeness (QED) is 0.426. The molecule has 0 radical (unpaired) electrons. The lowest BCUT2D eigenvalue weighted by Gasteiger charge is -2.31. The third-order valence-corrected chi connectivity index (χ3v) is 7.36. The molecule has 2 aromatic heterocycles. The number of likely N-dealkylation sites (tertiary alicyclic amines) is 1. The van der Waals surface area contributed by atoms with Gasteiger partial charge >= 0.3 is 0 Å². The Hall–Kier alpha value is -2.85. The Labute approximate surface area is 186 Å². The minimum absolute atomic E-state index is 0.0459. The van der Waals surface area contributed by atoms with Crippen LogP contribution in [0.4, 0.5) is 4.39 Å². The van der Waals surface area contributed by atoms with Crippen LogP contribution < -0.4 is 0 Å². The number of tetrazole rings is 1. The molecule has 0 aliphatic carbocycles. The van der Waals surface area contributed by atoms with E-state index < -0.39 is 0 Å². The SMILES string of the molecule is O=C(CSc1nnnn1-c1cccc(F)c1)N1CCC[C@H](c2nc3ccccc3s2)C1. The molecule has 158 valence electrons. The van der Waals surface area contributed by atoms with Crippen LogP contribution in [0.25, 0.3) is 15.9 Å². The van der Waals surface area contributed by atoms with Gasteiger partial charge in [0, 0.05) is 19.0 Å². The van der Waals surface area contributed by atoms with E-state index in [1.165, 1.54) is 33.3 Å². The minimum Gasteiger partial charge on any atom is -0.341 e. The summed E-state index contributed by atoms with van der Waals surface area (Å²) in [5.74, 6) is 0.166. The first kappa shape index (κ1) is 20.1. The van der Waals surface area contributed by atoms with E-state index in [1.807, 2.05) is 23.1 Å². The van der Waals surface area contributed by atoms with Crippen molar-refractivity contribution in [2.45, 2.75) is 23.9 Å². The van der Waals surface area contributed by atoms with Gasteiger partial charge in [-0.25, -0.2) is 9.37 Å². The molecule has 10 heteroatoms. The first-order chi connectivity index (χ1) is 15.2. The number of carbonyl (C=O) groups is 1. The molecule has 3 heterocycles. The van der Waals surface area contributed by atoms with Crippen LogP contribution in [-0.2, 0) is 4.79 Å². The monoisotopic (exact) mass is 454 g/mol. The minimum atomic E-state index is -0.366. The molecule has 1 saturated heterocycles. The van der Waals surface area contributed by atoms with Crippen LogP contribution in [0.3, 0.4) is 0 Å². The second-order valence-corrected chi connectivity index (χ2v) is 9.35. The zero-order valence-corrected chi connectivity index (χ0v) is 18.2. The van der Waals surface area contributed by atoms with Crippen molar-refractivity contribution in [2.75, 3.05) is 18.8 Å². The fraction of sp³-hybridized carbons (Fsp3) is 0.286. The third kappa shape index (κ3) is 4.31. The van der Waals surface area contributed by atoms with Gasteiger partial charge in [0.15, 0.2) is 0 Å². The number of fused-ring (bicyclic) bond motifs is 1. The molecular weight excluding hydrogens is 435 g/mol. The standard InChI is InChI=1S/C21H19FN6OS2/c22-15-6-3-7-16(11-15)28-21(24-25-26-28)30-13-19(29)27-10-4-5-14(12-27)20-23-17-8-1-2-9-18(17)31-20/h1-3,6-9,11,14H,4-5,10,12-13H2/t14-/m0/s1. The largest absolute Gasteiger partial charge is 0.341 e. The number of hydrogen-bond donors (Lipinski definition) is 0. The molecule has 1 aliphatic heterocycles. The molecule has 0 bridgehead atoms. The summed E-state index contributed by atoms with van der Waals surface area (Å²) in [6.45, 7) is 1.42. The van der Waals surface area contributed by atoms with Crippen molar-refractivity contribution < 1.29 is 9.18 Å². The summed E-state index contributed by atoms with van der Waals surface area (Å²) in [7, 11) is 0. The first-order valence-electron chi connectivity index (χ1n) is 9.98. The Bertz CT molecular complexity index is 1190. The number of aromatic nitrogens is 5. The normalized spacial score (nSPS) is 16.7. The van der Waals surface area contributed by atoms with E-state index in [4.69, 9.17) is 4.98 Å². The molecule has 0 unspecified atom stereocenters. The predicted molar refractivity (Wildman–Crippen MR) is 118 cm³/mol. The van der Waals surface area contributed by atoms with Crippen molar-refractivity contribution >= 4 is 39.2 Å². The number of hydrogen-bond acceptors (Lipinski definition) is 7. The average Bonchev–Trinajstić information content (AvgIpc) is 3.44.